The summed E-state index contributed by atoms with van der Waals surface area (Å²) in [5.41, 5.74) is 6.87. The minimum atomic E-state index is -3.49. The molecule has 0 atom stereocenters. The average Bonchev–Trinajstić information content (AvgIpc) is 3.18. The number of hydrogen-bond donors (Lipinski definition) is 4. The lowest BCUT2D eigenvalue weighted by Gasteiger charge is -2.16. The number of anilines is 2. The summed E-state index contributed by atoms with van der Waals surface area (Å²) in [6, 6.07) is 4.59. The van der Waals surface area contributed by atoms with Crippen molar-refractivity contribution < 1.29 is 13.5 Å². The van der Waals surface area contributed by atoms with Gasteiger partial charge in [-0.1, -0.05) is 6.92 Å². The van der Waals surface area contributed by atoms with Crippen LogP contribution in [-0.4, -0.2) is 33.2 Å². The van der Waals surface area contributed by atoms with Gasteiger partial charge in [-0.15, -0.1) is 0 Å². The van der Waals surface area contributed by atoms with E-state index in [4.69, 9.17) is 5.73 Å². The number of rotatable bonds is 7. The van der Waals surface area contributed by atoms with Gasteiger partial charge in [0.15, 0.2) is 0 Å². The minimum absolute atomic E-state index is 0.0665. The maximum absolute atomic E-state index is 11.9. The molecule has 0 radical (unpaired) electrons. The van der Waals surface area contributed by atoms with Crippen LogP contribution in [0, 0.1) is 5.41 Å². The molecule has 0 aliphatic heterocycles. The summed E-state index contributed by atoms with van der Waals surface area (Å²) >= 11 is 0. The Kier molecular flexibility index (Phi) is 4.22. The van der Waals surface area contributed by atoms with Crippen LogP contribution in [0.25, 0.3) is 0 Å². The Morgan fingerprint density at radius 1 is 1.40 bits per heavy atom. The predicted molar refractivity (Wildman–Crippen MR) is 79.0 cm³/mol. The van der Waals surface area contributed by atoms with Crippen molar-refractivity contribution in [1.29, 1.82) is 0 Å². The zero-order valence-electron chi connectivity index (χ0n) is 11.5. The molecule has 2 rings (SSSR count). The second kappa shape index (κ2) is 5.59. The summed E-state index contributed by atoms with van der Waals surface area (Å²) in [4.78, 5) is 0.185. The van der Waals surface area contributed by atoms with Gasteiger partial charge in [0.25, 0.3) is 0 Å². The molecule has 0 heterocycles. The Morgan fingerprint density at radius 2 is 2.10 bits per heavy atom. The van der Waals surface area contributed by atoms with E-state index < -0.39 is 10.0 Å². The zero-order valence-corrected chi connectivity index (χ0v) is 12.3. The van der Waals surface area contributed by atoms with Crippen LogP contribution in [0.1, 0.15) is 19.8 Å². The number of nitrogens with one attached hydrogen (secondary N) is 2. The first-order valence-corrected chi connectivity index (χ1v) is 8.15. The fraction of sp³-hybridized carbons (Fsp3) is 0.538. The van der Waals surface area contributed by atoms with Gasteiger partial charge in [0, 0.05) is 18.5 Å². The summed E-state index contributed by atoms with van der Waals surface area (Å²) in [7, 11) is -3.49. The topological polar surface area (TPSA) is 104 Å². The van der Waals surface area contributed by atoms with Crippen LogP contribution in [0.4, 0.5) is 11.4 Å². The first-order valence-electron chi connectivity index (χ1n) is 6.66. The molecule has 0 saturated heterocycles. The fourth-order valence-corrected chi connectivity index (χ4v) is 3.05. The van der Waals surface area contributed by atoms with Crippen molar-refractivity contribution in [3.8, 4) is 0 Å². The molecule has 20 heavy (non-hydrogen) atoms. The number of aliphatic hydroxyl groups is 1. The molecule has 0 spiro atoms. The van der Waals surface area contributed by atoms with Crippen molar-refractivity contribution in [2.45, 2.75) is 24.7 Å². The standard InChI is InChI=1S/C13H21N3O3S/c1-2-16-20(18,19)10-3-4-11(14)12(7-10)15-8-13(9-17)5-6-13/h3-4,7,15-17H,2,5-6,8-9,14H2,1H3. The molecular weight excluding hydrogens is 278 g/mol. The van der Waals surface area contributed by atoms with Crippen LogP contribution in [-0.2, 0) is 10.0 Å². The Morgan fingerprint density at radius 3 is 2.65 bits per heavy atom. The van der Waals surface area contributed by atoms with Crippen molar-refractivity contribution in [3.63, 3.8) is 0 Å². The van der Waals surface area contributed by atoms with Gasteiger partial charge in [-0.05, 0) is 31.0 Å². The van der Waals surface area contributed by atoms with Gasteiger partial charge < -0.3 is 16.2 Å². The summed E-state index contributed by atoms with van der Waals surface area (Å²) in [5, 5.41) is 12.4. The molecule has 1 aromatic carbocycles. The van der Waals surface area contributed by atoms with Crippen molar-refractivity contribution >= 4 is 21.4 Å². The molecule has 0 amide bonds. The smallest absolute Gasteiger partial charge is 0.240 e. The Labute approximate surface area is 119 Å². The van der Waals surface area contributed by atoms with Crippen LogP contribution in [0.3, 0.4) is 0 Å². The van der Waals surface area contributed by atoms with E-state index in [9.17, 15) is 13.5 Å². The van der Waals surface area contributed by atoms with Crippen LogP contribution in [0.2, 0.25) is 0 Å². The lowest BCUT2D eigenvalue weighted by molar-refractivity contribution is 0.220. The van der Waals surface area contributed by atoms with Gasteiger partial charge in [0.05, 0.1) is 22.9 Å². The molecule has 5 N–H and O–H groups in total. The largest absolute Gasteiger partial charge is 0.397 e. The monoisotopic (exact) mass is 299 g/mol. The molecule has 1 aromatic rings. The van der Waals surface area contributed by atoms with E-state index in [1.54, 1.807) is 13.0 Å². The number of hydrogen-bond acceptors (Lipinski definition) is 5. The molecule has 1 aliphatic carbocycles. The van der Waals surface area contributed by atoms with Crippen LogP contribution < -0.4 is 15.8 Å². The number of nitrogen functional groups attached to an aromatic ring is 1. The second-order valence-electron chi connectivity index (χ2n) is 5.26. The molecule has 112 valence electrons. The SMILES string of the molecule is CCNS(=O)(=O)c1ccc(N)c(NCC2(CO)CC2)c1. The first-order chi connectivity index (χ1) is 9.42. The van der Waals surface area contributed by atoms with Gasteiger partial charge in [-0.3, -0.25) is 0 Å². The highest BCUT2D eigenvalue weighted by Gasteiger charge is 2.41. The predicted octanol–water partition coefficient (Wildman–Crippen LogP) is 0.751. The van der Waals surface area contributed by atoms with E-state index >= 15 is 0 Å². The highest BCUT2D eigenvalue weighted by molar-refractivity contribution is 7.89. The van der Waals surface area contributed by atoms with Crippen molar-refractivity contribution in [2.24, 2.45) is 5.41 Å². The van der Waals surface area contributed by atoms with E-state index in [2.05, 4.69) is 10.0 Å². The van der Waals surface area contributed by atoms with E-state index in [0.717, 1.165) is 12.8 Å². The molecule has 6 nitrogen and oxygen atoms in total. The first kappa shape index (κ1) is 15.1. The molecule has 1 fully saturated rings. The Hall–Kier alpha value is -1.31. The van der Waals surface area contributed by atoms with E-state index in [-0.39, 0.29) is 16.9 Å². The number of benzene rings is 1. The molecular formula is C13H21N3O3S. The average molecular weight is 299 g/mol. The number of aliphatic hydroxyl groups excluding tert-OH is 1. The molecule has 0 unspecified atom stereocenters. The summed E-state index contributed by atoms with van der Waals surface area (Å²) in [6.45, 7) is 2.79. The van der Waals surface area contributed by atoms with Crippen LogP contribution >= 0.6 is 0 Å². The lowest BCUT2D eigenvalue weighted by atomic mass is 10.1. The maximum atomic E-state index is 11.9. The summed E-state index contributed by atoms with van der Waals surface area (Å²) < 4.78 is 26.3. The molecule has 7 heteroatoms. The zero-order chi connectivity index (χ0) is 14.8. The summed E-state index contributed by atoms with van der Waals surface area (Å²) in [5.74, 6) is 0. The van der Waals surface area contributed by atoms with Gasteiger partial charge in [0.2, 0.25) is 10.0 Å². The van der Waals surface area contributed by atoms with Gasteiger partial charge in [0.1, 0.15) is 0 Å². The fourth-order valence-electron chi connectivity index (χ4n) is 1.98. The second-order valence-corrected chi connectivity index (χ2v) is 7.03. The van der Waals surface area contributed by atoms with Gasteiger partial charge >= 0.3 is 0 Å². The Bertz CT molecular complexity index is 583. The third kappa shape index (κ3) is 3.23. The van der Waals surface area contributed by atoms with Crippen molar-refractivity contribution in [3.05, 3.63) is 18.2 Å². The third-order valence-corrected chi connectivity index (χ3v) is 5.16. The quantitative estimate of drug-likeness (QED) is 0.556. The van der Waals surface area contributed by atoms with Crippen molar-refractivity contribution in [1.82, 2.24) is 4.72 Å². The normalized spacial score (nSPS) is 16.9. The molecule has 0 bridgehead atoms. The highest BCUT2D eigenvalue weighted by atomic mass is 32.2. The van der Waals surface area contributed by atoms with Crippen molar-refractivity contribution in [2.75, 3.05) is 30.7 Å². The molecule has 0 aromatic heterocycles. The Balaban J connectivity index is 2.17. The molecule has 1 saturated carbocycles. The number of sulfonamides is 1. The van der Waals surface area contributed by atoms with E-state index in [1.165, 1.54) is 12.1 Å². The van der Waals surface area contributed by atoms with Gasteiger partial charge in [-0.2, -0.15) is 0 Å². The van der Waals surface area contributed by atoms with E-state index in [0.29, 0.717) is 24.5 Å². The maximum Gasteiger partial charge on any atom is 0.240 e. The molecule has 1 aliphatic rings. The van der Waals surface area contributed by atoms with Crippen LogP contribution in [0.15, 0.2) is 23.1 Å². The summed E-state index contributed by atoms with van der Waals surface area (Å²) in [6.07, 6.45) is 1.96. The lowest BCUT2D eigenvalue weighted by Crippen LogP contribution is -2.24. The highest BCUT2D eigenvalue weighted by Crippen LogP contribution is 2.45. The van der Waals surface area contributed by atoms with Crippen LogP contribution in [0.5, 0.6) is 0 Å². The number of nitrogens with two attached hydrogens (primary N) is 1. The van der Waals surface area contributed by atoms with Gasteiger partial charge in [-0.25, -0.2) is 13.1 Å². The third-order valence-electron chi connectivity index (χ3n) is 3.62. The minimum Gasteiger partial charge on any atom is -0.397 e. The van der Waals surface area contributed by atoms with E-state index in [1.807, 2.05) is 0 Å².